The number of carbonyl (C=O) groups is 1. The number of carbonyl (C=O) groups excluding carboxylic acids is 1. The van der Waals surface area contributed by atoms with E-state index >= 15 is 0 Å². The highest BCUT2D eigenvalue weighted by atomic mass is 16.6. The van der Waals surface area contributed by atoms with Crippen LogP contribution in [0.15, 0.2) is 18.2 Å². The molecule has 0 fully saturated rings. The fourth-order valence-electron chi connectivity index (χ4n) is 1.78. The van der Waals surface area contributed by atoms with Crippen molar-refractivity contribution in [2.75, 3.05) is 13.7 Å². The van der Waals surface area contributed by atoms with E-state index in [1.54, 1.807) is 18.2 Å². The van der Waals surface area contributed by atoms with Gasteiger partial charge >= 0.3 is 0 Å². The minimum Gasteiger partial charge on any atom is -0.493 e. The van der Waals surface area contributed by atoms with Crippen LogP contribution in [0.5, 0.6) is 5.75 Å². The maximum atomic E-state index is 11.7. The molecule has 0 aromatic heterocycles. The lowest BCUT2D eigenvalue weighted by molar-refractivity contribution is 0.0525. The van der Waals surface area contributed by atoms with Gasteiger partial charge < -0.3 is 9.84 Å². The van der Waals surface area contributed by atoms with Crippen molar-refractivity contribution in [1.29, 1.82) is 0 Å². The van der Waals surface area contributed by atoms with Crippen LogP contribution in [0.25, 0.3) is 0 Å². The van der Waals surface area contributed by atoms with Gasteiger partial charge in [0.05, 0.1) is 25.4 Å². The molecular weight excluding hydrogens is 210 g/mol. The van der Waals surface area contributed by atoms with E-state index in [0.29, 0.717) is 29.9 Å². The summed E-state index contributed by atoms with van der Waals surface area (Å²) < 4.78 is 5.38. The summed E-state index contributed by atoms with van der Waals surface area (Å²) in [5, 5.41) is 9.86. The zero-order chi connectivity index (χ0) is 11.5. The first-order valence-electron chi connectivity index (χ1n) is 5.01. The van der Waals surface area contributed by atoms with Crippen molar-refractivity contribution < 1.29 is 19.5 Å². The predicted molar refractivity (Wildman–Crippen MR) is 56.0 cm³/mol. The van der Waals surface area contributed by atoms with E-state index < -0.39 is 6.10 Å². The van der Waals surface area contributed by atoms with Crippen LogP contribution in [0.4, 0.5) is 0 Å². The van der Waals surface area contributed by atoms with Crippen LogP contribution in [0.1, 0.15) is 28.4 Å². The van der Waals surface area contributed by atoms with Gasteiger partial charge in [-0.3, -0.25) is 9.63 Å². The number of rotatable bonds is 2. The second kappa shape index (κ2) is 4.51. The molecule has 1 aliphatic heterocycles. The third-order valence-electron chi connectivity index (χ3n) is 2.49. The molecule has 0 saturated heterocycles. The van der Waals surface area contributed by atoms with Crippen LogP contribution in [0.2, 0.25) is 0 Å². The van der Waals surface area contributed by atoms with Gasteiger partial charge in [-0.05, 0) is 12.1 Å². The van der Waals surface area contributed by atoms with Gasteiger partial charge in [-0.15, -0.1) is 0 Å². The van der Waals surface area contributed by atoms with E-state index in [0.717, 1.165) is 0 Å². The summed E-state index contributed by atoms with van der Waals surface area (Å²) in [7, 11) is 1.36. The van der Waals surface area contributed by atoms with Gasteiger partial charge in [-0.1, -0.05) is 6.07 Å². The molecule has 16 heavy (non-hydrogen) atoms. The first-order chi connectivity index (χ1) is 7.74. The zero-order valence-corrected chi connectivity index (χ0v) is 8.90. The lowest BCUT2D eigenvalue weighted by atomic mass is 9.97. The Morgan fingerprint density at radius 1 is 1.62 bits per heavy atom. The Kier molecular flexibility index (Phi) is 3.07. The van der Waals surface area contributed by atoms with Gasteiger partial charge in [-0.25, -0.2) is 5.48 Å². The first kappa shape index (κ1) is 10.9. The molecule has 1 aromatic carbocycles. The molecule has 0 spiro atoms. The largest absolute Gasteiger partial charge is 0.493 e. The Bertz CT molecular complexity index is 405. The number of hydrogen-bond donors (Lipinski definition) is 2. The van der Waals surface area contributed by atoms with Crippen molar-refractivity contribution in [3.63, 3.8) is 0 Å². The molecule has 1 heterocycles. The fraction of sp³-hybridized carbons (Fsp3) is 0.364. The Balaban J connectivity index is 2.42. The Morgan fingerprint density at radius 3 is 3.19 bits per heavy atom. The number of amides is 1. The maximum Gasteiger partial charge on any atom is 0.275 e. The molecule has 2 N–H and O–H groups in total. The van der Waals surface area contributed by atoms with Gasteiger partial charge in [0.25, 0.3) is 5.91 Å². The fourth-order valence-corrected chi connectivity index (χ4v) is 1.78. The van der Waals surface area contributed by atoms with E-state index in [1.165, 1.54) is 7.11 Å². The molecule has 0 aliphatic carbocycles. The molecule has 5 heteroatoms. The molecule has 0 unspecified atom stereocenters. The van der Waals surface area contributed by atoms with Gasteiger partial charge in [0, 0.05) is 12.0 Å². The quantitative estimate of drug-likeness (QED) is 0.727. The minimum atomic E-state index is -0.664. The van der Waals surface area contributed by atoms with Crippen LogP contribution >= 0.6 is 0 Å². The van der Waals surface area contributed by atoms with Crippen LogP contribution in [-0.4, -0.2) is 24.7 Å². The van der Waals surface area contributed by atoms with E-state index in [4.69, 9.17) is 4.74 Å². The Morgan fingerprint density at radius 2 is 2.44 bits per heavy atom. The summed E-state index contributed by atoms with van der Waals surface area (Å²) in [6, 6.07) is 5.08. The predicted octanol–water partition coefficient (Wildman–Crippen LogP) is 0.794. The number of aliphatic hydroxyl groups excluding tert-OH is 1. The average Bonchev–Trinajstić information content (AvgIpc) is 2.29. The lowest BCUT2D eigenvalue weighted by Crippen LogP contribution is -2.25. The lowest BCUT2D eigenvalue weighted by Gasteiger charge is -2.24. The normalized spacial score (nSPS) is 18.5. The van der Waals surface area contributed by atoms with Crippen LogP contribution in [-0.2, 0) is 4.84 Å². The van der Waals surface area contributed by atoms with E-state index in [1.807, 2.05) is 0 Å². The van der Waals surface area contributed by atoms with Crippen molar-refractivity contribution in [2.45, 2.75) is 12.5 Å². The van der Waals surface area contributed by atoms with E-state index in [-0.39, 0.29) is 5.91 Å². The summed E-state index contributed by atoms with van der Waals surface area (Å²) in [6.45, 7) is 0.462. The average molecular weight is 223 g/mol. The van der Waals surface area contributed by atoms with Gasteiger partial charge in [0.2, 0.25) is 0 Å². The number of benzene rings is 1. The van der Waals surface area contributed by atoms with Crippen LogP contribution in [0.3, 0.4) is 0 Å². The van der Waals surface area contributed by atoms with E-state index in [2.05, 4.69) is 10.3 Å². The highest BCUT2D eigenvalue weighted by molar-refractivity contribution is 5.95. The summed E-state index contributed by atoms with van der Waals surface area (Å²) in [4.78, 5) is 16.2. The van der Waals surface area contributed by atoms with Crippen molar-refractivity contribution in [3.05, 3.63) is 29.3 Å². The van der Waals surface area contributed by atoms with Gasteiger partial charge in [-0.2, -0.15) is 0 Å². The molecule has 5 nitrogen and oxygen atoms in total. The van der Waals surface area contributed by atoms with Gasteiger partial charge in [0.15, 0.2) is 0 Å². The van der Waals surface area contributed by atoms with Crippen molar-refractivity contribution in [3.8, 4) is 5.75 Å². The summed E-state index contributed by atoms with van der Waals surface area (Å²) in [6.07, 6.45) is -0.174. The third-order valence-corrected chi connectivity index (χ3v) is 2.49. The number of hydroxylamine groups is 1. The summed E-state index contributed by atoms with van der Waals surface area (Å²) >= 11 is 0. The molecule has 1 aliphatic rings. The molecule has 0 radical (unpaired) electrons. The number of nitrogens with one attached hydrogen (secondary N) is 1. The minimum absolute atomic E-state index is 0.381. The number of hydrogen-bond acceptors (Lipinski definition) is 4. The molecule has 1 aromatic rings. The molecule has 2 rings (SSSR count). The van der Waals surface area contributed by atoms with Crippen molar-refractivity contribution in [2.24, 2.45) is 0 Å². The topological polar surface area (TPSA) is 67.8 Å². The molecular formula is C11H13NO4. The van der Waals surface area contributed by atoms with Crippen LogP contribution in [0, 0.1) is 0 Å². The second-order valence-corrected chi connectivity index (χ2v) is 3.51. The monoisotopic (exact) mass is 223 g/mol. The van der Waals surface area contributed by atoms with Crippen molar-refractivity contribution >= 4 is 5.91 Å². The van der Waals surface area contributed by atoms with Crippen LogP contribution < -0.4 is 10.2 Å². The number of fused-ring (bicyclic) bond motifs is 1. The van der Waals surface area contributed by atoms with Crippen molar-refractivity contribution in [1.82, 2.24) is 5.48 Å². The molecule has 86 valence electrons. The van der Waals surface area contributed by atoms with E-state index in [9.17, 15) is 9.90 Å². The molecule has 0 bridgehead atoms. The smallest absolute Gasteiger partial charge is 0.275 e. The third kappa shape index (κ3) is 1.87. The molecule has 1 amide bonds. The zero-order valence-electron chi connectivity index (χ0n) is 8.90. The molecule has 0 saturated carbocycles. The summed E-state index contributed by atoms with van der Waals surface area (Å²) in [5.41, 5.74) is 3.14. The second-order valence-electron chi connectivity index (χ2n) is 3.51. The first-order valence-corrected chi connectivity index (χ1v) is 5.01. The Hall–Kier alpha value is -1.59. The maximum absolute atomic E-state index is 11.7. The summed E-state index contributed by atoms with van der Waals surface area (Å²) in [5.74, 6) is 0.173. The highest BCUT2D eigenvalue weighted by Gasteiger charge is 2.25. The standard InChI is InChI=1S/C11H13NO4/c1-15-12-11(14)7-3-2-4-9-10(7)8(13)5-6-16-9/h2-4,8,13H,5-6H2,1H3,(H,12,14)/t8-/m0/s1. The number of ether oxygens (including phenoxy) is 1. The number of aliphatic hydroxyl groups is 1. The molecule has 1 atom stereocenters. The van der Waals surface area contributed by atoms with Gasteiger partial charge in [0.1, 0.15) is 5.75 Å². The SMILES string of the molecule is CONC(=O)c1cccc2c1[C@@H](O)CCO2. The highest BCUT2D eigenvalue weighted by Crippen LogP contribution is 2.34. The Labute approximate surface area is 92.9 Å².